The molecule has 7 heteroatoms. The third-order valence-corrected chi connectivity index (χ3v) is 4.92. The molecule has 0 saturated carbocycles. The summed E-state index contributed by atoms with van der Waals surface area (Å²) in [5.74, 6) is 0.665. The maximum Gasteiger partial charge on any atom is 0.258 e. The van der Waals surface area contributed by atoms with Crippen molar-refractivity contribution in [3.8, 4) is 11.4 Å². The molecule has 0 aromatic carbocycles. The first-order valence-corrected chi connectivity index (χ1v) is 9.13. The van der Waals surface area contributed by atoms with Gasteiger partial charge < -0.3 is 10.3 Å². The molecule has 3 rings (SSSR count). The summed E-state index contributed by atoms with van der Waals surface area (Å²) in [5, 5.41) is 6.78. The van der Waals surface area contributed by atoms with Crippen LogP contribution in [0, 0.1) is 5.92 Å². The van der Waals surface area contributed by atoms with Gasteiger partial charge in [-0.2, -0.15) is 0 Å². The molecule has 0 aliphatic carbocycles. The van der Waals surface area contributed by atoms with E-state index in [0.29, 0.717) is 22.5 Å². The highest BCUT2D eigenvalue weighted by atomic mass is 32.1. The second-order valence-corrected chi connectivity index (χ2v) is 6.63. The molecule has 2 N–H and O–H groups in total. The number of aromatic amines is 1. The Bertz CT molecular complexity index is 873. The van der Waals surface area contributed by atoms with Crippen molar-refractivity contribution < 1.29 is 0 Å². The number of nitrogens with zero attached hydrogens (tertiary/aromatic N) is 3. The first kappa shape index (κ1) is 16.6. The van der Waals surface area contributed by atoms with E-state index in [4.69, 9.17) is 0 Å². The lowest BCUT2D eigenvalue weighted by molar-refractivity contribution is 0.488. The Labute approximate surface area is 144 Å². The number of anilines is 1. The molecule has 0 spiro atoms. The van der Waals surface area contributed by atoms with E-state index in [2.05, 4.69) is 39.1 Å². The van der Waals surface area contributed by atoms with Crippen LogP contribution in [0.3, 0.4) is 0 Å². The van der Waals surface area contributed by atoms with Crippen LogP contribution in [-0.2, 0) is 0 Å². The molecule has 0 aliphatic rings. The van der Waals surface area contributed by atoms with Crippen molar-refractivity contribution in [3.63, 3.8) is 0 Å². The van der Waals surface area contributed by atoms with Crippen LogP contribution in [0.2, 0.25) is 0 Å². The summed E-state index contributed by atoms with van der Waals surface area (Å²) in [7, 11) is 0. The molecule has 3 aromatic heterocycles. The number of nitrogens with one attached hydrogen (secondary N) is 2. The maximum absolute atomic E-state index is 11.9. The largest absolute Gasteiger partial charge is 0.361 e. The summed E-state index contributed by atoms with van der Waals surface area (Å²) in [6, 6.07) is 1.67. The predicted octanol–water partition coefficient (Wildman–Crippen LogP) is 3.68. The van der Waals surface area contributed by atoms with E-state index in [1.807, 2.05) is 5.38 Å². The Morgan fingerprint density at radius 3 is 3.00 bits per heavy atom. The van der Waals surface area contributed by atoms with E-state index in [-0.39, 0.29) is 5.56 Å². The second kappa shape index (κ2) is 7.53. The maximum atomic E-state index is 11.9. The fourth-order valence-electron chi connectivity index (χ4n) is 2.74. The molecular formula is C17H21N5OS. The van der Waals surface area contributed by atoms with Crippen molar-refractivity contribution in [2.24, 2.45) is 5.92 Å². The van der Waals surface area contributed by atoms with Gasteiger partial charge in [0.25, 0.3) is 5.56 Å². The van der Waals surface area contributed by atoms with Gasteiger partial charge in [-0.15, -0.1) is 11.3 Å². The van der Waals surface area contributed by atoms with E-state index >= 15 is 0 Å². The lowest BCUT2D eigenvalue weighted by Crippen LogP contribution is -2.13. The zero-order chi connectivity index (χ0) is 16.9. The summed E-state index contributed by atoms with van der Waals surface area (Å²) in [4.78, 5) is 27.7. The Kier molecular flexibility index (Phi) is 5.20. The van der Waals surface area contributed by atoms with E-state index < -0.39 is 0 Å². The highest BCUT2D eigenvalue weighted by Gasteiger charge is 2.13. The van der Waals surface area contributed by atoms with Crippen LogP contribution in [-0.4, -0.2) is 26.5 Å². The van der Waals surface area contributed by atoms with Crippen molar-refractivity contribution in [2.75, 3.05) is 11.9 Å². The zero-order valence-electron chi connectivity index (χ0n) is 13.9. The minimum absolute atomic E-state index is 0.164. The SMILES string of the molecule is CCCC(CC)CNc1nc(-c2nccc3c(=O)[nH]cnc23)cs1. The lowest BCUT2D eigenvalue weighted by atomic mass is 10.0. The number of pyridine rings is 1. The molecule has 6 nitrogen and oxygen atoms in total. The normalized spacial score (nSPS) is 12.4. The topological polar surface area (TPSA) is 83.6 Å². The van der Waals surface area contributed by atoms with Gasteiger partial charge in [-0.1, -0.05) is 26.7 Å². The van der Waals surface area contributed by atoms with Crippen LogP contribution < -0.4 is 10.9 Å². The van der Waals surface area contributed by atoms with Gasteiger partial charge in [0.2, 0.25) is 0 Å². The smallest absolute Gasteiger partial charge is 0.258 e. The molecule has 126 valence electrons. The summed E-state index contributed by atoms with van der Waals surface area (Å²) < 4.78 is 0. The molecule has 1 atom stereocenters. The first-order chi connectivity index (χ1) is 11.7. The fourth-order valence-corrected chi connectivity index (χ4v) is 3.45. The molecule has 0 bridgehead atoms. The van der Waals surface area contributed by atoms with Crippen LogP contribution >= 0.6 is 11.3 Å². The van der Waals surface area contributed by atoms with E-state index in [0.717, 1.165) is 23.8 Å². The van der Waals surface area contributed by atoms with Gasteiger partial charge in [0, 0.05) is 18.1 Å². The summed E-state index contributed by atoms with van der Waals surface area (Å²) in [5.41, 5.74) is 1.80. The molecule has 1 unspecified atom stereocenters. The fraction of sp³-hybridized carbons (Fsp3) is 0.412. The lowest BCUT2D eigenvalue weighted by Gasteiger charge is -2.13. The first-order valence-electron chi connectivity index (χ1n) is 8.25. The molecular weight excluding hydrogens is 322 g/mol. The van der Waals surface area contributed by atoms with Gasteiger partial charge in [-0.25, -0.2) is 9.97 Å². The van der Waals surface area contributed by atoms with Gasteiger partial charge in [0.05, 0.1) is 11.7 Å². The van der Waals surface area contributed by atoms with Crippen LogP contribution in [0.25, 0.3) is 22.3 Å². The number of fused-ring (bicyclic) bond motifs is 1. The third-order valence-electron chi connectivity index (χ3n) is 4.12. The Morgan fingerprint density at radius 1 is 1.33 bits per heavy atom. The van der Waals surface area contributed by atoms with Crippen LogP contribution in [0.15, 0.2) is 28.8 Å². The van der Waals surface area contributed by atoms with E-state index in [1.54, 1.807) is 23.6 Å². The average molecular weight is 343 g/mol. The van der Waals surface area contributed by atoms with Crippen molar-refractivity contribution in [2.45, 2.75) is 33.1 Å². The van der Waals surface area contributed by atoms with Gasteiger partial charge in [-0.05, 0) is 18.4 Å². The average Bonchev–Trinajstić information content (AvgIpc) is 3.07. The highest BCUT2D eigenvalue weighted by molar-refractivity contribution is 7.14. The van der Waals surface area contributed by atoms with Crippen LogP contribution in [0.1, 0.15) is 33.1 Å². The van der Waals surface area contributed by atoms with E-state index in [9.17, 15) is 4.79 Å². The van der Waals surface area contributed by atoms with Crippen LogP contribution in [0.4, 0.5) is 5.13 Å². The number of hydrogen-bond donors (Lipinski definition) is 2. The Morgan fingerprint density at radius 2 is 2.21 bits per heavy atom. The van der Waals surface area contributed by atoms with Gasteiger partial charge in [0.15, 0.2) is 5.13 Å². The second-order valence-electron chi connectivity index (χ2n) is 5.77. The molecule has 0 amide bonds. The Hall–Kier alpha value is -2.28. The highest BCUT2D eigenvalue weighted by Crippen LogP contribution is 2.27. The van der Waals surface area contributed by atoms with Crippen molar-refractivity contribution in [1.29, 1.82) is 0 Å². The minimum atomic E-state index is -0.164. The third kappa shape index (κ3) is 3.46. The number of thiazole rings is 1. The monoisotopic (exact) mass is 343 g/mol. The van der Waals surface area contributed by atoms with Gasteiger partial charge in [-0.3, -0.25) is 9.78 Å². The molecule has 0 fully saturated rings. The number of aromatic nitrogens is 4. The van der Waals surface area contributed by atoms with Gasteiger partial charge >= 0.3 is 0 Å². The summed E-state index contributed by atoms with van der Waals surface area (Å²) in [6.45, 7) is 5.36. The molecule has 0 saturated heterocycles. The van der Waals surface area contributed by atoms with Crippen molar-refractivity contribution in [1.82, 2.24) is 19.9 Å². The number of hydrogen-bond acceptors (Lipinski definition) is 6. The quantitative estimate of drug-likeness (QED) is 0.684. The number of H-pyrrole nitrogens is 1. The molecule has 0 radical (unpaired) electrons. The molecule has 0 aliphatic heterocycles. The van der Waals surface area contributed by atoms with Crippen LogP contribution in [0.5, 0.6) is 0 Å². The molecule has 3 aromatic rings. The zero-order valence-corrected chi connectivity index (χ0v) is 14.7. The van der Waals surface area contributed by atoms with Gasteiger partial charge in [0.1, 0.15) is 16.9 Å². The summed E-state index contributed by atoms with van der Waals surface area (Å²) in [6.07, 6.45) is 6.60. The number of rotatable bonds is 7. The predicted molar refractivity (Wildman–Crippen MR) is 98.4 cm³/mol. The Balaban J connectivity index is 1.84. The van der Waals surface area contributed by atoms with Crippen molar-refractivity contribution in [3.05, 3.63) is 34.3 Å². The van der Waals surface area contributed by atoms with Crippen molar-refractivity contribution >= 4 is 27.4 Å². The minimum Gasteiger partial charge on any atom is -0.361 e. The molecule has 3 heterocycles. The molecule has 24 heavy (non-hydrogen) atoms. The summed E-state index contributed by atoms with van der Waals surface area (Å²) >= 11 is 1.55. The van der Waals surface area contributed by atoms with E-state index in [1.165, 1.54) is 19.2 Å². The standard InChI is InChI=1S/C17H21N5OS/c1-3-5-11(4-2)8-19-17-22-13(9-24-17)15-14-12(6-7-18-15)16(23)21-10-20-14/h6-7,9-11H,3-5,8H2,1-2H3,(H,19,22)(H,20,21,23).